The average molecular weight is 352 g/mol. The fraction of sp³-hybridized carbons (Fsp3) is 0.294. The minimum Gasteiger partial charge on any atom is -0.472 e. The highest BCUT2D eigenvalue weighted by Crippen LogP contribution is 2.52. The van der Waals surface area contributed by atoms with Crippen LogP contribution in [0.25, 0.3) is 0 Å². The zero-order valence-corrected chi connectivity index (χ0v) is 13.0. The maximum atomic E-state index is 13.8. The highest BCUT2D eigenvalue weighted by molar-refractivity contribution is 5.98. The van der Waals surface area contributed by atoms with Gasteiger partial charge in [-0.05, 0) is 30.2 Å². The molecule has 8 heteroatoms. The summed E-state index contributed by atoms with van der Waals surface area (Å²) >= 11 is 0. The minimum absolute atomic E-state index is 0.0470. The molecule has 2 aliphatic heterocycles. The fourth-order valence-corrected chi connectivity index (χ4v) is 2.95. The second-order valence-corrected chi connectivity index (χ2v) is 5.75. The van der Waals surface area contributed by atoms with E-state index < -0.39 is 23.3 Å². The van der Waals surface area contributed by atoms with Crippen molar-refractivity contribution in [2.45, 2.75) is 32.2 Å². The largest absolute Gasteiger partial charge is 0.472 e. The van der Waals surface area contributed by atoms with E-state index in [0.29, 0.717) is 17.5 Å². The van der Waals surface area contributed by atoms with E-state index in [9.17, 15) is 17.6 Å². The van der Waals surface area contributed by atoms with Crippen molar-refractivity contribution < 1.29 is 27.0 Å². The summed E-state index contributed by atoms with van der Waals surface area (Å²) in [6.07, 6.45) is -4.19. The number of pyridine rings is 1. The number of nitrogens with zero attached hydrogens (tertiary/aromatic N) is 2. The SMILES string of the molecule is CCc1cnccc1C1=Nc2cc3c(cc2CO1)C(F)(F)OC3(F)F. The number of hydrogen-bond donors (Lipinski definition) is 0. The summed E-state index contributed by atoms with van der Waals surface area (Å²) in [6.45, 7) is 1.89. The molecule has 1 aromatic heterocycles. The molecule has 4 rings (SSSR count). The smallest absolute Gasteiger partial charge is 0.388 e. The van der Waals surface area contributed by atoms with Crippen LogP contribution in [0.5, 0.6) is 0 Å². The van der Waals surface area contributed by atoms with Crippen LogP contribution in [0.1, 0.15) is 34.7 Å². The predicted octanol–water partition coefficient (Wildman–Crippen LogP) is 4.38. The number of ether oxygens (including phenoxy) is 2. The molecule has 0 radical (unpaired) electrons. The second kappa shape index (κ2) is 5.26. The van der Waals surface area contributed by atoms with Gasteiger partial charge in [-0.15, -0.1) is 0 Å². The van der Waals surface area contributed by atoms with Crippen LogP contribution in [0.4, 0.5) is 23.2 Å². The summed E-state index contributed by atoms with van der Waals surface area (Å²) in [5.74, 6) is 0.251. The van der Waals surface area contributed by atoms with Crippen LogP contribution in [-0.2, 0) is 34.7 Å². The first kappa shape index (κ1) is 16.0. The molecule has 2 aromatic rings. The number of rotatable bonds is 2. The van der Waals surface area contributed by atoms with E-state index in [1.165, 1.54) is 0 Å². The number of aromatic nitrogens is 1. The lowest BCUT2D eigenvalue weighted by molar-refractivity contribution is -0.369. The minimum atomic E-state index is -4.06. The molecular weight excluding hydrogens is 340 g/mol. The Labute approximate surface area is 140 Å². The number of aryl methyl sites for hydroxylation is 1. The lowest BCUT2D eigenvalue weighted by Gasteiger charge is -2.20. The normalized spacial score (nSPS) is 19.6. The summed E-state index contributed by atoms with van der Waals surface area (Å²) in [6, 6.07) is 3.63. The Hall–Kier alpha value is -2.48. The van der Waals surface area contributed by atoms with Gasteiger partial charge in [0.2, 0.25) is 5.90 Å². The third-order valence-corrected chi connectivity index (χ3v) is 4.20. The van der Waals surface area contributed by atoms with Crippen LogP contribution in [0.15, 0.2) is 35.6 Å². The third kappa shape index (κ3) is 2.48. The van der Waals surface area contributed by atoms with Crippen LogP contribution in [0.3, 0.4) is 0 Å². The molecule has 0 amide bonds. The first-order valence-electron chi connectivity index (χ1n) is 7.60. The van der Waals surface area contributed by atoms with Gasteiger partial charge in [-0.2, -0.15) is 17.6 Å². The molecule has 25 heavy (non-hydrogen) atoms. The molecule has 0 fully saturated rings. The van der Waals surface area contributed by atoms with Crippen molar-refractivity contribution in [3.63, 3.8) is 0 Å². The lowest BCUT2D eigenvalue weighted by atomic mass is 10.0. The Kier molecular flexibility index (Phi) is 3.37. The van der Waals surface area contributed by atoms with Crippen LogP contribution in [0, 0.1) is 0 Å². The molecule has 2 aliphatic rings. The maximum absolute atomic E-state index is 13.8. The third-order valence-electron chi connectivity index (χ3n) is 4.20. The van der Waals surface area contributed by atoms with Crippen molar-refractivity contribution in [2.75, 3.05) is 0 Å². The van der Waals surface area contributed by atoms with Gasteiger partial charge < -0.3 is 4.74 Å². The molecule has 4 nitrogen and oxygen atoms in total. The summed E-state index contributed by atoms with van der Waals surface area (Å²) < 4.78 is 64.0. The summed E-state index contributed by atoms with van der Waals surface area (Å²) in [7, 11) is 0. The fourth-order valence-electron chi connectivity index (χ4n) is 2.95. The highest BCUT2D eigenvalue weighted by Gasteiger charge is 2.57. The van der Waals surface area contributed by atoms with Crippen molar-refractivity contribution in [3.8, 4) is 0 Å². The van der Waals surface area contributed by atoms with Crippen molar-refractivity contribution in [2.24, 2.45) is 4.99 Å². The van der Waals surface area contributed by atoms with Gasteiger partial charge in [0.25, 0.3) is 0 Å². The molecule has 0 aliphatic carbocycles. The standard InChI is InChI=1S/C17H12F4N2O2/c1-2-9-7-22-4-3-11(9)15-23-14-6-13-12(5-10(14)8-24-15)16(18,19)25-17(13,20)21/h3-7H,2,8H2,1H3. The maximum Gasteiger partial charge on any atom is 0.388 e. The van der Waals surface area contributed by atoms with Gasteiger partial charge in [-0.25, -0.2) is 9.73 Å². The van der Waals surface area contributed by atoms with Crippen LogP contribution < -0.4 is 0 Å². The topological polar surface area (TPSA) is 43.7 Å². The molecule has 130 valence electrons. The van der Waals surface area contributed by atoms with Crippen molar-refractivity contribution in [1.29, 1.82) is 0 Å². The van der Waals surface area contributed by atoms with E-state index in [4.69, 9.17) is 4.74 Å². The van der Waals surface area contributed by atoms with Gasteiger partial charge in [-0.1, -0.05) is 6.92 Å². The van der Waals surface area contributed by atoms with Crippen molar-refractivity contribution in [1.82, 2.24) is 4.98 Å². The monoisotopic (exact) mass is 352 g/mol. The Morgan fingerprint density at radius 2 is 1.84 bits per heavy atom. The van der Waals surface area contributed by atoms with Gasteiger partial charge in [-0.3, -0.25) is 4.98 Å². The average Bonchev–Trinajstić information content (AvgIpc) is 2.76. The summed E-state index contributed by atoms with van der Waals surface area (Å²) in [5, 5.41) is 0. The Morgan fingerprint density at radius 1 is 1.12 bits per heavy atom. The number of benzene rings is 1. The second-order valence-electron chi connectivity index (χ2n) is 5.75. The van der Waals surface area contributed by atoms with Crippen LogP contribution >= 0.6 is 0 Å². The molecule has 3 heterocycles. The number of fused-ring (bicyclic) bond motifs is 2. The number of hydrogen-bond acceptors (Lipinski definition) is 4. The van der Waals surface area contributed by atoms with Crippen molar-refractivity contribution >= 4 is 11.6 Å². The van der Waals surface area contributed by atoms with Gasteiger partial charge in [0.05, 0.1) is 16.8 Å². The molecule has 1 aromatic carbocycles. The molecular formula is C17H12F4N2O2. The van der Waals surface area contributed by atoms with E-state index in [0.717, 1.165) is 17.7 Å². The van der Waals surface area contributed by atoms with Gasteiger partial charge in [0, 0.05) is 23.5 Å². The Morgan fingerprint density at radius 3 is 2.56 bits per heavy atom. The lowest BCUT2D eigenvalue weighted by Crippen LogP contribution is -2.17. The van der Waals surface area contributed by atoms with E-state index >= 15 is 0 Å². The molecule has 0 unspecified atom stereocenters. The van der Waals surface area contributed by atoms with Gasteiger partial charge in [0.15, 0.2) is 0 Å². The zero-order valence-electron chi connectivity index (χ0n) is 13.0. The number of aliphatic imine (C=N–C) groups is 1. The van der Waals surface area contributed by atoms with E-state index in [1.807, 2.05) is 6.92 Å². The van der Waals surface area contributed by atoms with Gasteiger partial charge >= 0.3 is 12.2 Å². The van der Waals surface area contributed by atoms with Crippen molar-refractivity contribution in [3.05, 3.63) is 58.4 Å². The number of alkyl halides is 4. The molecule has 0 bridgehead atoms. The van der Waals surface area contributed by atoms with Gasteiger partial charge in [0.1, 0.15) is 6.61 Å². The number of halogens is 4. The Bertz CT molecular complexity index is 896. The molecule has 0 saturated heterocycles. The first-order valence-corrected chi connectivity index (χ1v) is 7.60. The van der Waals surface area contributed by atoms with E-state index in [1.54, 1.807) is 18.5 Å². The molecule has 0 N–H and O–H groups in total. The molecule has 0 atom stereocenters. The first-order chi connectivity index (χ1) is 11.8. The Balaban J connectivity index is 1.84. The van der Waals surface area contributed by atoms with E-state index in [-0.39, 0.29) is 18.2 Å². The van der Waals surface area contributed by atoms with Crippen LogP contribution in [-0.4, -0.2) is 10.9 Å². The summed E-state index contributed by atoms with van der Waals surface area (Å²) in [5.41, 5.74) is 0.321. The zero-order chi connectivity index (χ0) is 17.8. The predicted molar refractivity (Wildman–Crippen MR) is 79.9 cm³/mol. The summed E-state index contributed by atoms with van der Waals surface area (Å²) in [4.78, 5) is 8.28. The highest BCUT2D eigenvalue weighted by atomic mass is 19.3. The molecule has 0 saturated carbocycles. The molecule has 0 spiro atoms. The quantitative estimate of drug-likeness (QED) is 0.754. The van der Waals surface area contributed by atoms with Crippen LogP contribution in [0.2, 0.25) is 0 Å². The van der Waals surface area contributed by atoms with E-state index in [2.05, 4.69) is 14.7 Å².